The van der Waals surface area contributed by atoms with Crippen molar-refractivity contribution in [2.75, 3.05) is 13.1 Å². The molecule has 2 aliphatic rings. The Morgan fingerprint density at radius 1 is 1.15 bits per heavy atom. The minimum Gasteiger partial charge on any atom is -0.444 e. The van der Waals surface area contributed by atoms with Crippen LogP contribution in [-0.4, -0.2) is 35.6 Å². The van der Waals surface area contributed by atoms with Gasteiger partial charge in [0, 0.05) is 13.1 Å². The van der Waals surface area contributed by atoms with Crippen molar-refractivity contribution >= 4 is 12.0 Å². The second-order valence-corrected chi connectivity index (χ2v) is 8.42. The van der Waals surface area contributed by atoms with E-state index in [4.69, 9.17) is 4.74 Å². The first kappa shape index (κ1) is 18.7. The normalized spacial score (nSPS) is 23.1. The van der Waals surface area contributed by atoms with Gasteiger partial charge in [-0.25, -0.2) is 4.79 Å². The molecule has 5 heteroatoms. The van der Waals surface area contributed by atoms with Crippen LogP contribution in [0, 0.1) is 5.92 Å². The predicted molar refractivity (Wildman–Crippen MR) is 101 cm³/mol. The Bertz CT molecular complexity index is 665. The fourth-order valence-electron chi connectivity index (χ4n) is 3.88. The van der Waals surface area contributed by atoms with Crippen molar-refractivity contribution < 1.29 is 14.3 Å². The van der Waals surface area contributed by atoms with Gasteiger partial charge in [-0.1, -0.05) is 24.3 Å². The summed E-state index contributed by atoms with van der Waals surface area (Å²) < 4.78 is 5.46. The Balaban J connectivity index is 1.61. The van der Waals surface area contributed by atoms with E-state index < -0.39 is 5.60 Å². The lowest BCUT2D eigenvalue weighted by Crippen LogP contribution is -2.47. The molecule has 26 heavy (non-hydrogen) atoms. The molecule has 2 amide bonds. The second-order valence-electron chi connectivity index (χ2n) is 8.42. The molecule has 0 radical (unpaired) electrons. The number of hydrogen-bond acceptors (Lipinski definition) is 3. The minimum absolute atomic E-state index is 0.0555. The molecule has 1 aliphatic carbocycles. The number of aryl methyl sites for hydroxylation is 1. The summed E-state index contributed by atoms with van der Waals surface area (Å²) in [6.45, 7) is 6.68. The summed E-state index contributed by atoms with van der Waals surface area (Å²) in [6.07, 6.45) is 4.48. The van der Waals surface area contributed by atoms with Crippen LogP contribution in [0.1, 0.15) is 63.6 Å². The SMILES string of the molecule is CC(C)(C)OC(=O)N1CCC[C@H](C(=O)N[C@H]2CCCc3ccccc32)C1. The second kappa shape index (κ2) is 7.68. The van der Waals surface area contributed by atoms with E-state index in [0.717, 1.165) is 32.1 Å². The molecule has 3 rings (SSSR count). The van der Waals surface area contributed by atoms with Crippen LogP contribution in [0.3, 0.4) is 0 Å². The van der Waals surface area contributed by atoms with Gasteiger partial charge in [-0.2, -0.15) is 0 Å². The molecule has 1 saturated heterocycles. The average molecular weight is 358 g/mol. The zero-order valence-electron chi connectivity index (χ0n) is 16.1. The third-order valence-corrected chi connectivity index (χ3v) is 5.13. The molecule has 0 bridgehead atoms. The van der Waals surface area contributed by atoms with Crippen LogP contribution in [0.5, 0.6) is 0 Å². The first-order valence-corrected chi connectivity index (χ1v) is 9.69. The molecular formula is C21H30N2O3. The van der Waals surface area contributed by atoms with Gasteiger partial charge in [-0.3, -0.25) is 4.79 Å². The lowest BCUT2D eigenvalue weighted by Gasteiger charge is -2.34. The van der Waals surface area contributed by atoms with E-state index in [9.17, 15) is 9.59 Å². The number of rotatable bonds is 2. The summed E-state index contributed by atoms with van der Waals surface area (Å²) in [6, 6.07) is 8.45. The van der Waals surface area contributed by atoms with Crippen molar-refractivity contribution in [3.05, 3.63) is 35.4 Å². The average Bonchev–Trinajstić information content (AvgIpc) is 2.61. The van der Waals surface area contributed by atoms with Crippen LogP contribution in [0.25, 0.3) is 0 Å². The van der Waals surface area contributed by atoms with Crippen LogP contribution >= 0.6 is 0 Å². The highest BCUT2D eigenvalue weighted by atomic mass is 16.6. The van der Waals surface area contributed by atoms with E-state index in [-0.39, 0.29) is 24.0 Å². The van der Waals surface area contributed by atoms with Gasteiger partial charge >= 0.3 is 6.09 Å². The molecule has 142 valence electrons. The van der Waals surface area contributed by atoms with Crippen molar-refractivity contribution in [1.82, 2.24) is 10.2 Å². The number of nitrogens with one attached hydrogen (secondary N) is 1. The van der Waals surface area contributed by atoms with Gasteiger partial charge in [0.1, 0.15) is 5.60 Å². The number of benzene rings is 1. The fraction of sp³-hybridized carbons (Fsp3) is 0.619. The summed E-state index contributed by atoms with van der Waals surface area (Å²) in [5.41, 5.74) is 2.06. The van der Waals surface area contributed by atoms with E-state index in [0.29, 0.717) is 13.1 Å². The molecule has 0 unspecified atom stereocenters. The maximum absolute atomic E-state index is 12.8. The number of carbonyl (C=O) groups is 2. The first-order valence-electron chi connectivity index (χ1n) is 9.69. The summed E-state index contributed by atoms with van der Waals surface area (Å²) in [4.78, 5) is 26.8. The molecule has 1 aliphatic heterocycles. The Kier molecular flexibility index (Phi) is 5.54. The van der Waals surface area contributed by atoms with Gasteiger partial charge in [-0.15, -0.1) is 0 Å². The predicted octanol–water partition coefficient (Wildman–Crippen LogP) is 3.83. The quantitative estimate of drug-likeness (QED) is 0.874. The molecular weight excluding hydrogens is 328 g/mol. The molecule has 1 N–H and O–H groups in total. The summed E-state index contributed by atoms with van der Waals surface area (Å²) in [5, 5.41) is 3.23. The van der Waals surface area contributed by atoms with Crippen molar-refractivity contribution in [2.45, 2.75) is 64.5 Å². The monoisotopic (exact) mass is 358 g/mol. The van der Waals surface area contributed by atoms with Crippen molar-refractivity contribution in [2.24, 2.45) is 5.92 Å². The third-order valence-electron chi connectivity index (χ3n) is 5.13. The van der Waals surface area contributed by atoms with Crippen molar-refractivity contribution in [3.8, 4) is 0 Å². The van der Waals surface area contributed by atoms with Gasteiger partial charge in [0.2, 0.25) is 5.91 Å². The van der Waals surface area contributed by atoms with Crippen LogP contribution in [0.2, 0.25) is 0 Å². The molecule has 1 fully saturated rings. The summed E-state index contributed by atoms with van der Waals surface area (Å²) >= 11 is 0. The van der Waals surface area contributed by atoms with Crippen LogP contribution in [0.4, 0.5) is 4.79 Å². The maximum Gasteiger partial charge on any atom is 0.410 e. The fourth-order valence-corrected chi connectivity index (χ4v) is 3.88. The summed E-state index contributed by atoms with van der Waals surface area (Å²) in [7, 11) is 0. The van der Waals surface area contributed by atoms with E-state index >= 15 is 0 Å². The highest BCUT2D eigenvalue weighted by molar-refractivity contribution is 5.80. The number of hydrogen-bond donors (Lipinski definition) is 1. The number of fused-ring (bicyclic) bond motifs is 1. The Morgan fingerprint density at radius 3 is 2.69 bits per heavy atom. The highest BCUT2D eigenvalue weighted by Crippen LogP contribution is 2.30. The van der Waals surface area contributed by atoms with Crippen LogP contribution < -0.4 is 5.32 Å². The molecule has 1 heterocycles. The van der Waals surface area contributed by atoms with Gasteiger partial charge in [0.15, 0.2) is 0 Å². The zero-order valence-corrected chi connectivity index (χ0v) is 16.1. The van der Waals surface area contributed by atoms with Gasteiger partial charge < -0.3 is 15.0 Å². The largest absolute Gasteiger partial charge is 0.444 e. The molecule has 1 aromatic rings. The molecule has 0 aromatic heterocycles. The number of likely N-dealkylation sites (tertiary alicyclic amines) is 1. The highest BCUT2D eigenvalue weighted by Gasteiger charge is 2.32. The van der Waals surface area contributed by atoms with Crippen molar-refractivity contribution in [1.29, 1.82) is 0 Å². The number of nitrogens with zero attached hydrogens (tertiary/aromatic N) is 1. The number of amides is 2. The topological polar surface area (TPSA) is 58.6 Å². The number of carbonyl (C=O) groups excluding carboxylic acids is 2. The van der Waals surface area contributed by atoms with Gasteiger partial charge in [0.05, 0.1) is 12.0 Å². The van der Waals surface area contributed by atoms with Crippen molar-refractivity contribution in [3.63, 3.8) is 0 Å². The Labute approximate surface area is 156 Å². The molecule has 0 spiro atoms. The molecule has 0 saturated carbocycles. The van der Waals surface area contributed by atoms with Gasteiger partial charge in [0.25, 0.3) is 0 Å². The van der Waals surface area contributed by atoms with Crippen LogP contribution in [0.15, 0.2) is 24.3 Å². The van der Waals surface area contributed by atoms with E-state index in [1.165, 1.54) is 11.1 Å². The third kappa shape index (κ3) is 4.57. The van der Waals surface area contributed by atoms with Crippen LogP contribution in [-0.2, 0) is 16.0 Å². The zero-order chi connectivity index (χ0) is 18.7. The van der Waals surface area contributed by atoms with Gasteiger partial charge in [-0.05, 0) is 64.0 Å². The molecule has 2 atom stereocenters. The minimum atomic E-state index is -0.516. The van der Waals surface area contributed by atoms with E-state index in [2.05, 4.69) is 23.5 Å². The standard InChI is InChI=1S/C21H30N2O3/c1-21(2,3)26-20(25)23-13-7-10-16(14-23)19(24)22-18-12-6-9-15-8-4-5-11-17(15)18/h4-5,8,11,16,18H,6-7,9-10,12-14H2,1-3H3,(H,22,24)/t16-,18-/m0/s1. The van der Waals surface area contributed by atoms with E-state index in [1.807, 2.05) is 26.8 Å². The Hall–Kier alpha value is -2.04. The number of piperidine rings is 1. The van der Waals surface area contributed by atoms with E-state index in [1.54, 1.807) is 4.90 Å². The molecule has 1 aromatic carbocycles. The number of ether oxygens (including phenoxy) is 1. The lowest BCUT2D eigenvalue weighted by atomic mass is 9.87. The Morgan fingerprint density at radius 2 is 1.92 bits per heavy atom. The smallest absolute Gasteiger partial charge is 0.410 e. The first-order chi connectivity index (χ1) is 12.3. The lowest BCUT2D eigenvalue weighted by molar-refractivity contribution is -0.127. The maximum atomic E-state index is 12.8. The summed E-state index contributed by atoms with van der Waals surface area (Å²) in [5.74, 6) is -0.106. The molecule has 5 nitrogen and oxygen atoms in total.